The summed E-state index contributed by atoms with van der Waals surface area (Å²) >= 11 is 0. The molecule has 0 fully saturated rings. The zero-order valence-electron chi connectivity index (χ0n) is 37.9. The fraction of sp³-hybridized carbons (Fsp3) is 0.744. The van der Waals surface area contributed by atoms with Crippen LogP contribution in [0, 0.1) is 29.6 Å². The van der Waals surface area contributed by atoms with E-state index >= 15 is 0 Å². The van der Waals surface area contributed by atoms with Crippen molar-refractivity contribution in [1.29, 1.82) is 0 Å². The van der Waals surface area contributed by atoms with Gasteiger partial charge in [-0.1, -0.05) is 87.8 Å². The Morgan fingerprint density at radius 3 is 1.86 bits per heavy atom. The van der Waals surface area contributed by atoms with Gasteiger partial charge in [0, 0.05) is 32.6 Å². The van der Waals surface area contributed by atoms with E-state index in [4.69, 9.17) is 9.47 Å². The van der Waals surface area contributed by atoms with E-state index in [1.165, 1.54) is 55.8 Å². The first-order chi connectivity index (χ1) is 26.8. The Morgan fingerprint density at radius 2 is 1.36 bits per heavy atom. The highest BCUT2D eigenvalue weighted by Gasteiger charge is 2.40. The van der Waals surface area contributed by atoms with E-state index in [1.54, 1.807) is 55.4 Å². The molecule has 1 aliphatic heterocycles. The van der Waals surface area contributed by atoms with Crippen LogP contribution in [0.5, 0.6) is 0 Å². The van der Waals surface area contributed by atoms with Crippen LogP contribution < -0.4 is 10.6 Å². The molecule has 0 saturated carbocycles. The van der Waals surface area contributed by atoms with Crippen LogP contribution >= 0.6 is 0 Å². The molecule has 15 heteroatoms. The fourth-order valence-electron chi connectivity index (χ4n) is 6.71. The van der Waals surface area contributed by atoms with E-state index in [1.807, 2.05) is 26.8 Å². The van der Waals surface area contributed by atoms with Crippen molar-refractivity contribution in [3.63, 3.8) is 0 Å². The smallest absolute Gasteiger partial charge is 0.334 e. The third kappa shape index (κ3) is 13.9. The number of hydrogen-bond acceptors (Lipinski definition) is 10. The van der Waals surface area contributed by atoms with Crippen LogP contribution in [0.3, 0.4) is 0 Å². The number of nitrogens with zero attached hydrogens (tertiary/aromatic N) is 3. The van der Waals surface area contributed by atoms with Gasteiger partial charge in [0.2, 0.25) is 23.6 Å². The van der Waals surface area contributed by atoms with Gasteiger partial charge in [0.1, 0.15) is 30.3 Å². The molecule has 9 atom stereocenters. The molecule has 0 bridgehead atoms. The lowest BCUT2D eigenvalue weighted by molar-refractivity contribution is -0.160. The second kappa shape index (κ2) is 23.4. The average Bonchev–Trinajstić information content (AvgIpc) is 3.16. The Bertz CT molecular complexity index is 1520. The van der Waals surface area contributed by atoms with Crippen LogP contribution in [-0.2, 0) is 43.0 Å². The van der Waals surface area contributed by atoms with Crippen molar-refractivity contribution in [1.82, 2.24) is 25.3 Å². The number of aliphatic hydroxyl groups excluding tert-OH is 1. The first-order valence-corrected chi connectivity index (χ1v) is 20.6. The number of cyclic esters (lactones) is 2. The van der Waals surface area contributed by atoms with Crippen molar-refractivity contribution in [3.8, 4) is 0 Å². The summed E-state index contributed by atoms with van der Waals surface area (Å²) in [6, 6.07) is -4.26. The molecule has 0 aromatic rings. The number of likely N-dealkylation sites (N-methyl/N-ethyl adjacent to an activating group) is 3. The van der Waals surface area contributed by atoms with Gasteiger partial charge in [-0.15, -0.1) is 0 Å². The van der Waals surface area contributed by atoms with E-state index in [0.29, 0.717) is 18.4 Å². The monoisotopic (exact) mass is 820 g/mol. The number of esters is 2. The number of amides is 5. The quantitative estimate of drug-likeness (QED) is 0.253. The molecule has 0 spiro atoms. The number of hydrogen-bond donors (Lipinski definition) is 3. The molecule has 0 aromatic heterocycles. The highest BCUT2D eigenvalue weighted by molar-refractivity contribution is 5.96. The maximum Gasteiger partial charge on any atom is 0.334 e. The number of nitrogens with one attached hydrogen (secondary N) is 2. The van der Waals surface area contributed by atoms with E-state index < -0.39 is 114 Å². The van der Waals surface area contributed by atoms with Crippen LogP contribution in [0.4, 0.5) is 0 Å². The Hall–Kier alpha value is -4.27. The van der Waals surface area contributed by atoms with E-state index in [-0.39, 0.29) is 17.9 Å². The second-order valence-corrected chi connectivity index (χ2v) is 17.0. The van der Waals surface area contributed by atoms with Crippen molar-refractivity contribution in [2.45, 2.75) is 152 Å². The lowest BCUT2D eigenvalue weighted by atomic mass is 9.90. The molecule has 0 aromatic carbocycles. The Morgan fingerprint density at radius 1 is 0.828 bits per heavy atom. The van der Waals surface area contributed by atoms with E-state index in [2.05, 4.69) is 10.6 Å². The van der Waals surface area contributed by atoms with Crippen molar-refractivity contribution >= 4 is 41.5 Å². The summed E-state index contributed by atoms with van der Waals surface area (Å²) < 4.78 is 11.7. The van der Waals surface area contributed by atoms with Gasteiger partial charge >= 0.3 is 11.9 Å². The van der Waals surface area contributed by atoms with Gasteiger partial charge in [0.05, 0.1) is 12.6 Å². The number of aliphatic hydroxyl groups is 1. The van der Waals surface area contributed by atoms with Gasteiger partial charge in [-0.05, 0) is 62.9 Å². The molecule has 0 saturated heterocycles. The molecule has 0 aliphatic carbocycles. The second-order valence-electron chi connectivity index (χ2n) is 17.0. The number of carbonyl (C=O) groups is 7. The molecule has 1 heterocycles. The first kappa shape index (κ1) is 51.7. The van der Waals surface area contributed by atoms with Gasteiger partial charge in [0.25, 0.3) is 5.91 Å². The molecule has 5 amide bonds. The minimum atomic E-state index is -1.28. The van der Waals surface area contributed by atoms with E-state index in [0.717, 1.165) is 0 Å². The van der Waals surface area contributed by atoms with Crippen molar-refractivity contribution < 1.29 is 48.1 Å². The molecule has 1 unspecified atom stereocenters. The minimum Gasteiger partial charge on any atom is -0.456 e. The lowest BCUT2D eigenvalue weighted by Crippen LogP contribution is -2.60. The molecule has 1 rings (SSSR count). The third-order valence-corrected chi connectivity index (χ3v) is 11.1. The number of ether oxygens (including phenoxy) is 2. The minimum absolute atomic E-state index is 0.0146. The Balaban J connectivity index is 3.85. The van der Waals surface area contributed by atoms with Crippen LogP contribution in [0.2, 0.25) is 0 Å². The highest BCUT2D eigenvalue weighted by atomic mass is 16.6. The van der Waals surface area contributed by atoms with Crippen molar-refractivity contribution in [2.24, 2.45) is 29.6 Å². The van der Waals surface area contributed by atoms with Crippen LogP contribution in [0.25, 0.3) is 0 Å². The maximum atomic E-state index is 14.2. The number of rotatable bonds is 7. The summed E-state index contributed by atoms with van der Waals surface area (Å²) in [6.07, 6.45) is 1.25. The van der Waals surface area contributed by atoms with Gasteiger partial charge in [0.15, 0.2) is 6.10 Å². The van der Waals surface area contributed by atoms with Crippen LogP contribution in [-0.4, -0.2) is 131 Å². The molecular weight excluding hydrogens is 746 g/mol. The molecular formula is C43H73N5O10. The summed E-state index contributed by atoms with van der Waals surface area (Å²) in [7, 11) is 4.35. The lowest BCUT2D eigenvalue weighted by Gasteiger charge is -2.37. The number of carbonyl (C=O) groups excluding carboxylic acids is 7. The molecule has 3 N–H and O–H groups in total. The molecule has 58 heavy (non-hydrogen) atoms. The molecule has 330 valence electrons. The summed E-state index contributed by atoms with van der Waals surface area (Å²) in [5, 5.41) is 16.8. The Kier molecular flexibility index (Phi) is 20.8. The van der Waals surface area contributed by atoms with Gasteiger partial charge < -0.3 is 39.9 Å². The molecule has 15 nitrogen and oxygen atoms in total. The van der Waals surface area contributed by atoms with E-state index in [9.17, 15) is 38.7 Å². The average molecular weight is 820 g/mol. The largest absolute Gasteiger partial charge is 0.456 e. The summed E-state index contributed by atoms with van der Waals surface area (Å²) in [5.41, 5.74) is 0.824. The molecule has 0 radical (unpaired) electrons. The van der Waals surface area contributed by atoms with Crippen molar-refractivity contribution in [2.75, 3.05) is 27.7 Å². The predicted octanol–water partition coefficient (Wildman–Crippen LogP) is 3.63. The van der Waals surface area contributed by atoms with Crippen LogP contribution in [0.15, 0.2) is 23.3 Å². The SMILES string of the molecule is CC/C=C(\C)[C@H]1OC(=O)[C@H](C)N(C)C(=O)C(C(C)C)NC(=O)CN(C)C(=O)[C@H]([C@H](C)CC)N(C)C(=O)[C@H](C(C)C)NC(=O)[C@@H](C(C)C)OC(=O)/C(C)=C/C[C@H](O)[C@@H]1C. The maximum absolute atomic E-state index is 14.2. The van der Waals surface area contributed by atoms with Gasteiger partial charge in [-0.2, -0.15) is 0 Å². The zero-order valence-corrected chi connectivity index (χ0v) is 37.9. The predicted molar refractivity (Wildman–Crippen MR) is 222 cm³/mol. The normalized spacial score (nSPS) is 29.6. The number of allylic oxidation sites excluding steroid dienone is 1. The van der Waals surface area contributed by atoms with Gasteiger partial charge in [-0.3, -0.25) is 24.0 Å². The summed E-state index contributed by atoms with van der Waals surface area (Å²) in [4.78, 5) is 100. The van der Waals surface area contributed by atoms with Crippen molar-refractivity contribution in [3.05, 3.63) is 23.3 Å². The standard InChI is InChI=1S/C43H73N5O10/c1-17-19-27(10)37-29(12)31(49)21-20-28(11)42(55)57-36(25(7)8)38(51)45-34(24(5)6)40(53)48(16)35(26(9)18-2)41(54)46(14)22-32(50)44-33(23(3)4)39(52)47(15)30(13)43(56)58-37/h19-20,23-26,29-31,33-37,49H,17-18,21-22H2,1-16H3,(H,44,50)(H,45,51)/b27-19+,28-20+/t26-,29+,30+,31+,33?,34+,35+,36-,37-/m1/s1. The topological polar surface area (TPSA) is 192 Å². The Labute approximate surface area is 346 Å². The van der Waals surface area contributed by atoms with Gasteiger partial charge in [-0.25, -0.2) is 9.59 Å². The highest BCUT2D eigenvalue weighted by Crippen LogP contribution is 2.25. The van der Waals surface area contributed by atoms with Crippen LogP contribution in [0.1, 0.15) is 109 Å². The first-order valence-electron chi connectivity index (χ1n) is 20.6. The summed E-state index contributed by atoms with van der Waals surface area (Å²) in [6.45, 7) is 22.1. The third-order valence-electron chi connectivity index (χ3n) is 11.1. The molecule has 1 aliphatic rings. The zero-order chi connectivity index (χ0) is 44.9. The fourth-order valence-corrected chi connectivity index (χ4v) is 6.71. The summed E-state index contributed by atoms with van der Waals surface area (Å²) in [5.74, 6) is -6.78.